The van der Waals surface area contributed by atoms with E-state index in [0.717, 1.165) is 0 Å². The van der Waals surface area contributed by atoms with Crippen molar-refractivity contribution in [3.63, 3.8) is 0 Å². The van der Waals surface area contributed by atoms with Crippen molar-refractivity contribution >= 4 is 17.7 Å². The molecule has 1 heterocycles. The SMILES string of the molecule is CC(C)N1C[C@H](c2cc([N+](=O)[O-])ccc2OC(=O)O)CC1=O. The van der Waals surface area contributed by atoms with Crippen LogP contribution in [-0.4, -0.2) is 39.6 Å². The highest BCUT2D eigenvalue weighted by Gasteiger charge is 2.34. The molecule has 1 fully saturated rings. The van der Waals surface area contributed by atoms with Crippen molar-refractivity contribution in [2.24, 2.45) is 0 Å². The molecule has 8 nitrogen and oxygen atoms in total. The Morgan fingerprint density at radius 1 is 1.50 bits per heavy atom. The maximum Gasteiger partial charge on any atom is 0.511 e. The van der Waals surface area contributed by atoms with Crippen LogP contribution >= 0.6 is 0 Å². The van der Waals surface area contributed by atoms with Gasteiger partial charge in [-0.3, -0.25) is 14.9 Å². The summed E-state index contributed by atoms with van der Waals surface area (Å²) in [6.07, 6.45) is -1.32. The van der Waals surface area contributed by atoms with Crippen LogP contribution in [0.2, 0.25) is 0 Å². The lowest BCUT2D eigenvalue weighted by Gasteiger charge is -2.21. The lowest BCUT2D eigenvalue weighted by atomic mass is 9.96. The molecule has 1 aromatic rings. The number of non-ortho nitro benzene ring substituents is 1. The number of hydrogen-bond donors (Lipinski definition) is 1. The molecule has 1 saturated heterocycles. The molecule has 1 N–H and O–H groups in total. The normalized spacial score (nSPS) is 17.9. The second-order valence-corrected chi connectivity index (χ2v) is 5.39. The summed E-state index contributed by atoms with van der Waals surface area (Å²) >= 11 is 0. The Bertz CT molecular complexity index is 628. The number of carbonyl (C=O) groups excluding carboxylic acids is 1. The lowest BCUT2D eigenvalue weighted by molar-refractivity contribution is -0.385. The van der Waals surface area contributed by atoms with Crippen molar-refractivity contribution in [2.45, 2.75) is 32.2 Å². The van der Waals surface area contributed by atoms with Crippen LogP contribution in [0.1, 0.15) is 31.7 Å². The van der Waals surface area contributed by atoms with Crippen LogP contribution in [0.5, 0.6) is 5.75 Å². The summed E-state index contributed by atoms with van der Waals surface area (Å²) in [5.41, 5.74) is 0.205. The Morgan fingerprint density at radius 2 is 2.18 bits per heavy atom. The Balaban J connectivity index is 2.39. The summed E-state index contributed by atoms with van der Waals surface area (Å²) in [5, 5.41) is 19.7. The van der Waals surface area contributed by atoms with Gasteiger partial charge in [0, 0.05) is 42.6 Å². The zero-order valence-corrected chi connectivity index (χ0v) is 12.2. The van der Waals surface area contributed by atoms with Gasteiger partial charge in [0.1, 0.15) is 5.75 Å². The zero-order chi connectivity index (χ0) is 16.4. The first-order chi connectivity index (χ1) is 10.3. The van der Waals surface area contributed by atoms with Crippen molar-refractivity contribution in [3.8, 4) is 5.75 Å². The van der Waals surface area contributed by atoms with Gasteiger partial charge >= 0.3 is 6.16 Å². The number of nitrogens with zero attached hydrogens (tertiary/aromatic N) is 2. The van der Waals surface area contributed by atoms with Gasteiger partial charge in [0.05, 0.1) is 4.92 Å². The van der Waals surface area contributed by atoms with Gasteiger partial charge in [-0.05, 0) is 19.9 Å². The average Bonchev–Trinajstić information content (AvgIpc) is 2.80. The molecule has 0 saturated carbocycles. The Morgan fingerprint density at radius 3 is 2.68 bits per heavy atom. The quantitative estimate of drug-likeness (QED) is 0.396. The van der Waals surface area contributed by atoms with E-state index >= 15 is 0 Å². The summed E-state index contributed by atoms with van der Waals surface area (Å²) in [4.78, 5) is 34.8. The third-order valence-corrected chi connectivity index (χ3v) is 3.62. The second-order valence-electron chi connectivity index (χ2n) is 5.39. The van der Waals surface area contributed by atoms with E-state index in [1.54, 1.807) is 4.90 Å². The van der Waals surface area contributed by atoms with Gasteiger partial charge in [-0.1, -0.05) is 0 Å². The molecule has 1 aromatic carbocycles. The molecule has 2 rings (SSSR count). The van der Waals surface area contributed by atoms with Crippen LogP contribution in [0.3, 0.4) is 0 Å². The van der Waals surface area contributed by atoms with E-state index in [0.29, 0.717) is 12.1 Å². The molecule has 0 bridgehead atoms. The van der Waals surface area contributed by atoms with E-state index in [1.807, 2.05) is 13.8 Å². The fourth-order valence-electron chi connectivity index (χ4n) is 2.59. The lowest BCUT2D eigenvalue weighted by Crippen LogP contribution is -2.31. The number of rotatable bonds is 4. The highest BCUT2D eigenvalue weighted by atomic mass is 16.7. The zero-order valence-electron chi connectivity index (χ0n) is 12.2. The van der Waals surface area contributed by atoms with Gasteiger partial charge in [0.2, 0.25) is 5.91 Å². The number of carbonyl (C=O) groups is 2. The number of carboxylic acid groups (broad SMARTS) is 1. The molecular weight excluding hydrogens is 292 g/mol. The predicted octanol–water partition coefficient (Wildman–Crippen LogP) is 2.38. The minimum atomic E-state index is -1.50. The van der Waals surface area contributed by atoms with E-state index in [2.05, 4.69) is 4.74 Å². The fraction of sp³-hybridized carbons (Fsp3) is 0.429. The number of likely N-dealkylation sites (tertiary alicyclic amines) is 1. The van der Waals surface area contributed by atoms with E-state index in [4.69, 9.17) is 5.11 Å². The smallest absolute Gasteiger partial charge is 0.449 e. The molecule has 1 amide bonds. The number of hydrogen-bond acceptors (Lipinski definition) is 5. The monoisotopic (exact) mass is 308 g/mol. The van der Waals surface area contributed by atoms with E-state index in [9.17, 15) is 19.7 Å². The van der Waals surface area contributed by atoms with Crippen molar-refractivity contribution in [1.82, 2.24) is 4.90 Å². The van der Waals surface area contributed by atoms with Crippen LogP contribution in [0.15, 0.2) is 18.2 Å². The third kappa shape index (κ3) is 3.16. The summed E-state index contributed by atoms with van der Waals surface area (Å²) in [6, 6.07) is 3.73. The minimum Gasteiger partial charge on any atom is -0.449 e. The molecule has 22 heavy (non-hydrogen) atoms. The maximum absolute atomic E-state index is 12.0. The second kappa shape index (κ2) is 6.00. The first kappa shape index (κ1) is 15.7. The summed E-state index contributed by atoms with van der Waals surface area (Å²) in [6.45, 7) is 4.14. The van der Waals surface area contributed by atoms with Gasteiger partial charge in [-0.2, -0.15) is 0 Å². The number of ether oxygens (including phenoxy) is 1. The van der Waals surface area contributed by atoms with Gasteiger partial charge in [-0.15, -0.1) is 0 Å². The van der Waals surface area contributed by atoms with Crippen LogP contribution in [-0.2, 0) is 4.79 Å². The van der Waals surface area contributed by atoms with Gasteiger partial charge in [0.25, 0.3) is 5.69 Å². The number of benzene rings is 1. The largest absolute Gasteiger partial charge is 0.511 e. The molecule has 0 aliphatic carbocycles. The summed E-state index contributed by atoms with van der Waals surface area (Å²) < 4.78 is 4.69. The fourth-order valence-corrected chi connectivity index (χ4v) is 2.59. The first-order valence-electron chi connectivity index (χ1n) is 6.78. The van der Waals surface area contributed by atoms with Crippen molar-refractivity contribution < 1.29 is 24.4 Å². The summed E-state index contributed by atoms with van der Waals surface area (Å²) in [7, 11) is 0. The molecule has 118 valence electrons. The van der Waals surface area contributed by atoms with Gasteiger partial charge in [-0.25, -0.2) is 4.79 Å². The van der Waals surface area contributed by atoms with Crippen LogP contribution < -0.4 is 4.74 Å². The van der Waals surface area contributed by atoms with E-state index in [-0.39, 0.29) is 35.7 Å². The molecule has 1 atom stereocenters. The van der Waals surface area contributed by atoms with Crippen molar-refractivity contribution in [2.75, 3.05) is 6.54 Å². The molecular formula is C14H16N2O6. The van der Waals surface area contributed by atoms with Crippen LogP contribution in [0.4, 0.5) is 10.5 Å². The minimum absolute atomic E-state index is 0.0139. The third-order valence-electron chi connectivity index (χ3n) is 3.62. The molecule has 1 aliphatic heterocycles. The highest BCUT2D eigenvalue weighted by molar-refractivity contribution is 5.80. The van der Waals surface area contributed by atoms with Crippen LogP contribution in [0, 0.1) is 10.1 Å². The topological polar surface area (TPSA) is 110 Å². The average molecular weight is 308 g/mol. The molecule has 0 unspecified atom stereocenters. The molecule has 1 aliphatic rings. The number of nitro benzene ring substituents is 1. The number of nitro groups is 1. The number of amides is 1. The molecule has 0 radical (unpaired) electrons. The van der Waals surface area contributed by atoms with E-state index in [1.165, 1.54) is 18.2 Å². The first-order valence-corrected chi connectivity index (χ1v) is 6.78. The standard InChI is InChI=1S/C14H16N2O6/c1-8(2)15-7-9(5-13(15)17)11-6-10(16(20)21)3-4-12(11)22-14(18)19/h3-4,6,8-9H,5,7H2,1-2H3,(H,18,19)/t9-/m1/s1. The highest BCUT2D eigenvalue weighted by Crippen LogP contribution is 2.37. The molecule has 0 spiro atoms. The Labute approximate surface area is 126 Å². The molecule has 0 aromatic heterocycles. The predicted molar refractivity (Wildman–Crippen MR) is 76.0 cm³/mol. The summed E-state index contributed by atoms with van der Waals surface area (Å²) in [5.74, 6) is -0.363. The Kier molecular flexibility index (Phi) is 4.30. The Hall–Kier alpha value is -2.64. The maximum atomic E-state index is 12.0. The van der Waals surface area contributed by atoms with Crippen LogP contribution in [0.25, 0.3) is 0 Å². The molecule has 8 heteroatoms. The van der Waals surface area contributed by atoms with Gasteiger partial charge in [0.15, 0.2) is 0 Å². The van der Waals surface area contributed by atoms with Crippen molar-refractivity contribution in [1.29, 1.82) is 0 Å². The van der Waals surface area contributed by atoms with Crippen molar-refractivity contribution in [3.05, 3.63) is 33.9 Å². The van der Waals surface area contributed by atoms with E-state index < -0.39 is 11.1 Å². The van der Waals surface area contributed by atoms with Gasteiger partial charge < -0.3 is 14.7 Å².